The third kappa shape index (κ3) is 16.9. The number of carbonyl (C=O) groups is 8. The number of likely N-dealkylation sites (N-methyl/N-ethyl adjacent to an activating group) is 1. The van der Waals surface area contributed by atoms with Crippen molar-refractivity contribution in [3.63, 3.8) is 0 Å². The molecule has 2 aliphatic heterocycles. The number of ketones is 2. The van der Waals surface area contributed by atoms with E-state index in [4.69, 9.17) is 0 Å². The second-order valence-electron chi connectivity index (χ2n) is 21.6. The molecule has 0 aromatic heterocycles. The Morgan fingerprint density at radius 3 is 1.66 bits per heavy atom. The number of Topliss-reactive ketones (excluding diaryl/α,β-unsaturated/α-hetero) is 2. The maximum atomic E-state index is 14.3. The summed E-state index contributed by atoms with van der Waals surface area (Å²) in [6.07, 6.45) is 4.02. The summed E-state index contributed by atoms with van der Waals surface area (Å²) in [6.45, 7) is 18.9. The molecule has 2 aromatic carbocycles. The lowest BCUT2D eigenvalue weighted by Gasteiger charge is -2.37. The minimum atomic E-state index is -0.966. The van der Waals surface area contributed by atoms with E-state index in [1.165, 1.54) is 0 Å². The molecule has 2 aliphatic rings. The van der Waals surface area contributed by atoms with Crippen molar-refractivity contribution in [2.75, 3.05) is 52.9 Å². The van der Waals surface area contributed by atoms with Crippen molar-refractivity contribution in [2.24, 2.45) is 22.7 Å². The summed E-state index contributed by atoms with van der Waals surface area (Å²) in [7, 11) is 1.72. The molecule has 386 valence electrons. The van der Waals surface area contributed by atoms with Gasteiger partial charge in [-0.05, 0) is 80.9 Å². The van der Waals surface area contributed by atoms with E-state index >= 15 is 0 Å². The third-order valence-electron chi connectivity index (χ3n) is 14.3. The minimum absolute atomic E-state index is 0.0410. The van der Waals surface area contributed by atoms with Gasteiger partial charge in [0.15, 0.2) is 0 Å². The van der Waals surface area contributed by atoms with Gasteiger partial charge in [0.25, 0.3) is 5.91 Å². The molecule has 15 nitrogen and oxygen atoms in total. The minimum Gasteiger partial charge on any atom is -0.344 e. The van der Waals surface area contributed by atoms with Crippen LogP contribution in [0.5, 0.6) is 0 Å². The van der Waals surface area contributed by atoms with Crippen LogP contribution in [-0.4, -0.2) is 144 Å². The first-order chi connectivity index (χ1) is 33.0. The maximum absolute atomic E-state index is 14.3. The quantitative estimate of drug-likeness (QED) is 0.110. The summed E-state index contributed by atoms with van der Waals surface area (Å²) < 4.78 is 0. The number of benzene rings is 2. The molecule has 4 rings (SSSR count). The Morgan fingerprint density at radius 2 is 1.19 bits per heavy atom. The molecule has 2 heterocycles. The Labute approximate surface area is 417 Å². The Bertz CT molecular complexity index is 1940. The SMILES string of the molecule is CC[C@@H](C)C(=O)N[C@H](C(=O)N1CCC[C@H]1CN(CCc1ccccc1)C(=O)CCC(=O)C(=O)NCC(=O)N(CCc1ccccc1)C[C@@H]1CCCN1C(=O)[C@@H](CC(=O)[C@H](C)NC)C(C)(C)C)C(C)(C)C. The standard InChI is InChI=1S/C55H83N7O8/c1-11-38(2)50(67)58-49(55(7,8)9)53(70)62-31-19-25-43(62)36-59(32-28-40-20-14-12-15-21-40)47(65)27-26-45(63)51(68)57-35-48(66)60(33-29-41-22-16-13-17-23-41)37-42-24-18-30-61(42)52(69)44(54(4,5)6)34-46(64)39(3)56-10/h12-17,20-23,38-39,42-44,49,56H,11,18-19,24-37H2,1-10H3,(H,57,68)(H,58,67)/t38-,39+,42+,43+,44-,49-/m1/s1. The van der Waals surface area contributed by atoms with Crippen LogP contribution in [0.4, 0.5) is 0 Å². The fraction of sp³-hybridized carbons (Fsp3) is 0.636. The smallest absolute Gasteiger partial charge is 0.287 e. The molecule has 15 heteroatoms. The van der Waals surface area contributed by atoms with Crippen molar-refractivity contribution < 1.29 is 38.4 Å². The fourth-order valence-electron chi connectivity index (χ4n) is 9.24. The van der Waals surface area contributed by atoms with Crippen molar-refractivity contribution in [1.82, 2.24) is 35.6 Å². The van der Waals surface area contributed by atoms with Crippen molar-refractivity contribution in [3.8, 4) is 0 Å². The molecule has 0 bridgehead atoms. The van der Waals surface area contributed by atoms with Gasteiger partial charge in [0.05, 0.1) is 12.6 Å². The van der Waals surface area contributed by atoms with Gasteiger partial charge in [0.1, 0.15) is 11.8 Å². The first-order valence-electron chi connectivity index (χ1n) is 25.6. The van der Waals surface area contributed by atoms with Crippen LogP contribution in [0, 0.1) is 22.7 Å². The monoisotopic (exact) mass is 970 g/mol. The van der Waals surface area contributed by atoms with Gasteiger partial charge in [0.2, 0.25) is 35.3 Å². The van der Waals surface area contributed by atoms with E-state index in [1.807, 2.05) is 121 Å². The highest BCUT2D eigenvalue weighted by atomic mass is 16.2. The van der Waals surface area contributed by atoms with Crippen LogP contribution in [0.15, 0.2) is 60.7 Å². The number of hydrogen-bond donors (Lipinski definition) is 3. The van der Waals surface area contributed by atoms with Crippen LogP contribution in [0.3, 0.4) is 0 Å². The van der Waals surface area contributed by atoms with E-state index in [2.05, 4.69) is 16.0 Å². The number of hydrogen-bond acceptors (Lipinski definition) is 9. The molecule has 0 radical (unpaired) electrons. The summed E-state index contributed by atoms with van der Waals surface area (Å²) in [5.74, 6) is -3.86. The topological polar surface area (TPSA) is 186 Å². The zero-order valence-electron chi connectivity index (χ0n) is 43.8. The average molecular weight is 970 g/mol. The van der Waals surface area contributed by atoms with Gasteiger partial charge in [-0.2, -0.15) is 0 Å². The Balaban J connectivity index is 1.43. The number of amides is 6. The normalized spacial score (nSPS) is 17.8. The van der Waals surface area contributed by atoms with E-state index < -0.39 is 53.0 Å². The molecule has 2 fully saturated rings. The molecule has 0 aliphatic carbocycles. The van der Waals surface area contributed by atoms with Crippen molar-refractivity contribution in [2.45, 2.75) is 151 Å². The average Bonchev–Trinajstić information content (AvgIpc) is 4.01. The van der Waals surface area contributed by atoms with E-state index in [9.17, 15) is 38.4 Å². The van der Waals surface area contributed by atoms with E-state index in [-0.39, 0.29) is 79.8 Å². The Hall–Kier alpha value is -5.44. The first kappa shape index (κ1) is 57.1. The van der Waals surface area contributed by atoms with Crippen molar-refractivity contribution in [1.29, 1.82) is 0 Å². The first-order valence-corrected chi connectivity index (χ1v) is 25.6. The number of nitrogens with one attached hydrogen (secondary N) is 3. The number of rotatable bonds is 25. The van der Waals surface area contributed by atoms with E-state index in [1.54, 1.807) is 28.7 Å². The summed E-state index contributed by atoms with van der Waals surface area (Å²) in [4.78, 5) is 116. The van der Waals surface area contributed by atoms with Crippen molar-refractivity contribution >= 4 is 47.0 Å². The number of nitrogens with zero attached hydrogens (tertiary/aromatic N) is 4. The fourth-order valence-corrected chi connectivity index (χ4v) is 9.24. The van der Waals surface area contributed by atoms with Gasteiger partial charge in [-0.25, -0.2) is 0 Å². The molecule has 0 saturated carbocycles. The largest absolute Gasteiger partial charge is 0.344 e. The number of likely N-dealkylation sites (tertiary alicyclic amines) is 2. The Morgan fingerprint density at radius 1 is 0.686 bits per heavy atom. The highest BCUT2D eigenvalue weighted by molar-refractivity contribution is 6.36. The highest BCUT2D eigenvalue weighted by Crippen LogP contribution is 2.34. The molecule has 2 aromatic rings. The van der Waals surface area contributed by atoms with Crippen molar-refractivity contribution in [3.05, 3.63) is 71.8 Å². The lowest BCUT2D eigenvalue weighted by molar-refractivity contribution is -0.144. The summed E-state index contributed by atoms with van der Waals surface area (Å²) in [5, 5.41) is 8.51. The molecule has 2 saturated heterocycles. The molecule has 3 N–H and O–H groups in total. The van der Waals surface area contributed by atoms with Gasteiger partial charge in [-0.1, -0.05) is 116 Å². The lowest BCUT2D eigenvalue weighted by Crippen LogP contribution is -2.57. The van der Waals surface area contributed by atoms with E-state index in [0.29, 0.717) is 58.3 Å². The summed E-state index contributed by atoms with van der Waals surface area (Å²) >= 11 is 0. The van der Waals surface area contributed by atoms with E-state index in [0.717, 1.165) is 24.0 Å². The predicted molar refractivity (Wildman–Crippen MR) is 272 cm³/mol. The highest BCUT2D eigenvalue weighted by Gasteiger charge is 2.42. The molecule has 0 unspecified atom stereocenters. The van der Waals surface area contributed by atoms with Gasteiger partial charge in [-0.3, -0.25) is 38.4 Å². The second kappa shape index (κ2) is 26.7. The summed E-state index contributed by atoms with van der Waals surface area (Å²) in [6, 6.07) is 17.7. The van der Waals surface area contributed by atoms with Crippen LogP contribution in [0.25, 0.3) is 0 Å². The molecular weight excluding hydrogens is 887 g/mol. The predicted octanol–water partition coefficient (Wildman–Crippen LogP) is 5.38. The van der Waals surface area contributed by atoms with Gasteiger partial charge in [-0.15, -0.1) is 0 Å². The van der Waals surface area contributed by atoms with Gasteiger partial charge >= 0.3 is 0 Å². The lowest BCUT2D eigenvalue weighted by atomic mass is 9.76. The van der Waals surface area contributed by atoms with Crippen LogP contribution in [-0.2, 0) is 51.2 Å². The molecule has 0 spiro atoms. The third-order valence-corrected chi connectivity index (χ3v) is 14.3. The second-order valence-corrected chi connectivity index (χ2v) is 21.6. The maximum Gasteiger partial charge on any atom is 0.287 e. The zero-order valence-corrected chi connectivity index (χ0v) is 43.8. The summed E-state index contributed by atoms with van der Waals surface area (Å²) in [5.41, 5.74) is 0.980. The molecule has 6 atom stereocenters. The van der Waals surface area contributed by atoms with Crippen LogP contribution in [0.2, 0.25) is 0 Å². The van der Waals surface area contributed by atoms with Crippen LogP contribution in [0.1, 0.15) is 125 Å². The molecular formula is C55H83N7O8. The van der Waals surface area contributed by atoms with Gasteiger partial charge in [0, 0.05) is 82.5 Å². The zero-order chi connectivity index (χ0) is 51.8. The van der Waals surface area contributed by atoms with Crippen LogP contribution < -0.4 is 16.0 Å². The Kier molecular flexibility index (Phi) is 21.8. The molecule has 6 amide bonds. The molecule has 70 heavy (non-hydrogen) atoms. The number of carbonyl (C=O) groups excluding carboxylic acids is 8. The van der Waals surface area contributed by atoms with Gasteiger partial charge < -0.3 is 35.6 Å². The van der Waals surface area contributed by atoms with Crippen LogP contribution >= 0.6 is 0 Å².